The number of carbonyl (C=O) groups is 1. The molecule has 0 saturated heterocycles. The standard InChI is InChI=1S/C12H13BrO/c1-9(2)11(8-14)6-10-4-3-5-12(13)7-10/h3-9H,1-2H3/b11-6-. The molecule has 0 unspecified atom stereocenters. The normalized spacial score (nSPS) is 11.9. The van der Waals surface area contributed by atoms with Gasteiger partial charge in [-0.1, -0.05) is 41.9 Å². The van der Waals surface area contributed by atoms with Crippen molar-refractivity contribution in [1.29, 1.82) is 0 Å². The van der Waals surface area contributed by atoms with E-state index >= 15 is 0 Å². The Labute approximate surface area is 93.0 Å². The zero-order valence-corrected chi connectivity index (χ0v) is 9.91. The quantitative estimate of drug-likeness (QED) is 0.593. The van der Waals surface area contributed by atoms with E-state index in [1.165, 1.54) is 0 Å². The molecule has 1 rings (SSSR count). The van der Waals surface area contributed by atoms with Gasteiger partial charge in [-0.25, -0.2) is 0 Å². The third kappa shape index (κ3) is 3.11. The second-order valence-electron chi connectivity index (χ2n) is 3.47. The molecule has 0 aliphatic carbocycles. The number of halogens is 1. The predicted molar refractivity (Wildman–Crippen MR) is 63.0 cm³/mol. The zero-order chi connectivity index (χ0) is 10.6. The van der Waals surface area contributed by atoms with Gasteiger partial charge in [0.1, 0.15) is 6.29 Å². The van der Waals surface area contributed by atoms with Gasteiger partial charge in [-0.15, -0.1) is 0 Å². The molecule has 0 spiro atoms. The lowest BCUT2D eigenvalue weighted by atomic mass is 10.0. The summed E-state index contributed by atoms with van der Waals surface area (Å²) < 4.78 is 1.03. The fourth-order valence-electron chi connectivity index (χ4n) is 1.13. The maximum Gasteiger partial charge on any atom is 0.146 e. The summed E-state index contributed by atoms with van der Waals surface area (Å²) in [5.41, 5.74) is 1.87. The van der Waals surface area contributed by atoms with Crippen LogP contribution in [0.3, 0.4) is 0 Å². The maximum atomic E-state index is 10.8. The van der Waals surface area contributed by atoms with Gasteiger partial charge in [0, 0.05) is 4.47 Å². The molecular formula is C12H13BrO. The van der Waals surface area contributed by atoms with Crippen LogP contribution < -0.4 is 0 Å². The lowest BCUT2D eigenvalue weighted by molar-refractivity contribution is -0.105. The molecule has 0 N–H and O–H groups in total. The van der Waals surface area contributed by atoms with E-state index in [0.29, 0.717) is 0 Å². The Morgan fingerprint density at radius 2 is 2.14 bits per heavy atom. The average molecular weight is 253 g/mol. The molecule has 0 heterocycles. The number of hydrogen-bond donors (Lipinski definition) is 0. The minimum absolute atomic E-state index is 0.270. The number of rotatable bonds is 3. The number of hydrogen-bond acceptors (Lipinski definition) is 1. The van der Waals surface area contributed by atoms with Crippen LogP contribution in [0.15, 0.2) is 34.3 Å². The fourth-order valence-corrected chi connectivity index (χ4v) is 1.54. The molecule has 1 nitrogen and oxygen atoms in total. The summed E-state index contributed by atoms with van der Waals surface area (Å²) in [6, 6.07) is 7.90. The van der Waals surface area contributed by atoms with E-state index in [1.807, 2.05) is 44.2 Å². The number of benzene rings is 1. The molecule has 0 amide bonds. The summed E-state index contributed by atoms with van der Waals surface area (Å²) in [6.45, 7) is 4.02. The molecule has 74 valence electrons. The highest BCUT2D eigenvalue weighted by Crippen LogP contribution is 2.16. The van der Waals surface area contributed by atoms with Gasteiger partial charge in [-0.2, -0.15) is 0 Å². The lowest BCUT2D eigenvalue weighted by Crippen LogP contribution is -1.94. The van der Waals surface area contributed by atoms with Crippen LogP contribution in [0.1, 0.15) is 19.4 Å². The zero-order valence-electron chi connectivity index (χ0n) is 8.33. The SMILES string of the molecule is CC(C)/C(C=O)=C\c1cccc(Br)c1. The number of allylic oxidation sites excluding steroid dienone is 1. The molecule has 0 aromatic heterocycles. The molecule has 1 aromatic carbocycles. The molecule has 0 atom stereocenters. The van der Waals surface area contributed by atoms with Crippen molar-refractivity contribution in [3.05, 3.63) is 39.9 Å². The van der Waals surface area contributed by atoms with Crippen LogP contribution in [0, 0.1) is 5.92 Å². The highest BCUT2D eigenvalue weighted by atomic mass is 79.9. The first-order valence-electron chi connectivity index (χ1n) is 4.56. The van der Waals surface area contributed by atoms with Crippen molar-refractivity contribution in [3.63, 3.8) is 0 Å². The lowest BCUT2D eigenvalue weighted by Gasteiger charge is -2.03. The average Bonchev–Trinajstić information content (AvgIpc) is 2.14. The first-order chi connectivity index (χ1) is 6.63. The smallest absolute Gasteiger partial charge is 0.146 e. The Bertz CT molecular complexity index is 353. The van der Waals surface area contributed by atoms with Crippen molar-refractivity contribution < 1.29 is 4.79 Å². The van der Waals surface area contributed by atoms with Crippen LogP contribution in [-0.4, -0.2) is 6.29 Å². The highest BCUT2D eigenvalue weighted by Gasteiger charge is 2.01. The third-order valence-corrected chi connectivity index (χ3v) is 2.48. The Kier molecular flexibility index (Phi) is 4.08. The van der Waals surface area contributed by atoms with Gasteiger partial charge in [0.25, 0.3) is 0 Å². The molecule has 0 aliphatic heterocycles. The first kappa shape index (κ1) is 11.2. The Morgan fingerprint density at radius 1 is 1.43 bits per heavy atom. The van der Waals surface area contributed by atoms with Crippen LogP contribution >= 0.6 is 15.9 Å². The van der Waals surface area contributed by atoms with Gasteiger partial charge >= 0.3 is 0 Å². The summed E-state index contributed by atoms with van der Waals surface area (Å²) >= 11 is 3.39. The van der Waals surface area contributed by atoms with Crippen molar-refractivity contribution in [2.45, 2.75) is 13.8 Å². The molecule has 0 aliphatic rings. The third-order valence-electron chi connectivity index (χ3n) is 1.98. The summed E-state index contributed by atoms with van der Waals surface area (Å²) in [5.74, 6) is 0.270. The first-order valence-corrected chi connectivity index (χ1v) is 5.35. The molecule has 0 fully saturated rings. The summed E-state index contributed by atoms with van der Waals surface area (Å²) in [6.07, 6.45) is 2.84. The van der Waals surface area contributed by atoms with Gasteiger partial charge in [-0.3, -0.25) is 4.79 Å². The highest BCUT2D eigenvalue weighted by molar-refractivity contribution is 9.10. The maximum absolute atomic E-state index is 10.8. The van der Waals surface area contributed by atoms with E-state index in [9.17, 15) is 4.79 Å². The van der Waals surface area contributed by atoms with Gasteiger partial charge in [0.15, 0.2) is 0 Å². The minimum atomic E-state index is 0.270. The van der Waals surface area contributed by atoms with Gasteiger partial charge < -0.3 is 0 Å². The van der Waals surface area contributed by atoms with E-state index in [-0.39, 0.29) is 5.92 Å². The molecule has 0 radical (unpaired) electrons. The molecule has 14 heavy (non-hydrogen) atoms. The predicted octanol–water partition coefficient (Wildman–Crippen LogP) is 3.69. The van der Waals surface area contributed by atoms with Crippen molar-refractivity contribution in [3.8, 4) is 0 Å². The number of carbonyl (C=O) groups excluding carboxylic acids is 1. The van der Waals surface area contributed by atoms with E-state index in [1.54, 1.807) is 0 Å². The van der Waals surface area contributed by atoms with Crippen molar-refractivity contribution in [1.82, 2.24) is 0 Å². The fraction of sp³-hybridized carbons (Fsp3) is 0.250. The van der Waals surface area contributed by atoms with Crippen molar-refractivity contribution in [2.24, 2.45) is 5.92 Å². The topological polar surface area (TPSA) is 17.1 Å². The summed E-state index contributed by atoms with van der Waals surface area (Å²) in [7, 11) is 0. The van der Waals surface area contributed by atoms with Crippen molar-refractivity contribution in [2.75, 3.05) is 0 Å². The van der Waals surface area contributed by atoms with Gasteiger partial charge in [-0.05, 0) is 35.3 Å². The Balaban J connectivity index is 3.00. The van der Waals surface area contributed by atoms with Crippen LogP contribution in [0.5, 0.6) is 0 Å². The number of aldehydes is 1. The van der Waals surface area contributed by atoms with Crippen LogP contribution in [0.25, 0.3) is 6.08 Å². The van der Waals surface area contributed by atoms with E-state index in [2.05, 4.69) is 15.9 Å². The van der Waals surface area contributed by atoms with E-state index < -0.39 is 0 Å². The van der Waals surface area contributed by atoms with Crippen LogP contribution in [0.2, 0.25) is 0 Å². The van der Waals surface area contributed by atoms with Gasteiger partial charge in [0.2, 0.25) is 0 Å². The largest absolute Gasteiger partial charge is 0.298 e. The van der Waals surface area contributed by atoms with Crippen molar-refractivity contribution >= 4 is 28.3 Å². The minimum Gasteiger partial charge on any atom is -0.298 e. The Morgan fingerprint density at radius 3 is 2.64 bits per heavy atom. The molecule has 0 saturated carbocycles. The molecule has 0 bridgehead atoms. The molecular weight excluding hydrogens is 240 g/mol. The van der Waals surface area contributed by atoms with Gasteiger partial charge in [0.05, 0.1) is 0 Å². The Hall–Kier alpha value is -0.890. The molecule has 1 aromatic rings. The van der Waals surface area contributed by atoms with Crippen LogP contribution in [-0.2, 0) is 4.79 Å². The second kappa shape index (κ2) is 5.11. The summed E-state index contributed by atoms with van der Waals surface area (Å²) in [4.78, 5) is 10.8. The second-order valence-corrected chi connectivity index (χ2v) is 4.39. The monoisotopic (exact) mass is 252 g/mol. The van der Waals surface area contributed by atoms with E-state index in [4.69, 9.17) is 0 Å². The molecule has 2 heteroatoms. The van der Waals surface area contributed by atoms with E-state index in [0.717, 1.165) is 21.9 Å². The van der Waals surface area contributed by atoms with Crippen LogP contribution in [0.4, 0.5) is 0 Å². The summed E-state index contributed by atoms with van der Waals surface area (Å²) in [5, 5.41) is 0.